The standard InChI is InChI=1S/C23H28N6O3/c1-27(2)20-13-22(26-19-7-5-4-6-18(19)20)24-15-8-10-16(11-9-15)25-23(30)21-12-17(29(31)32)14-28(21)3/h4-7,12-16H,8-11H2,1-3H3,(H,24,26)(H,25,30). The van der Waals surface area contributed by atoms with E-state index in [1.165, 1.54) is 16.8 Å². The van der Waals surface area contributed by atoms with Crippen molar-refractivity contribution in [3.63, 3.8) is 0 Å². The number of nitrogens with zero attached hydrogens (tertiary/aromatic N) is 4. The average Bonchev–Trinajstić information content (AvgIpc) is 3.16. The van der Waals surface area contributed by atoms with Gasteiger partial charge < -0.3 is 20.1 Å². The number of para-hydroxylation sites is 1. The van der Waals surface area contributed by atoms with Crippen LogP contribution >= 0.6 is 0 Å². The SMILES string of the molecule is CN(C)c1cc(NC2CCC(NC(=O)c3cc([N+](=O)[O-])cn3C)CC2)nc2ccccc12. The van der Waals surface area contributed by atoms with Gasteiger partial charge in [0.25, 0.3) is 11.6 Å². The lowest BCUT2D eigenvalue weighted by atomic mass is 9.91. The molecule has 9 nitrogen and oxygen atoms in total. The van der Waals surface area contributed by atoms with Crippen LogP contribution in [0.25, 0.3) is 10.9 Å². The van der Waals surface area contributed by atoms with Gasteiger partial charge in [-0.25, -0.2) is 4.98 Å². The Morgan fingerprint density at radius 2 is 1.84 bits per heavy atom. The van der Waals surface area contributed by atoms with Gasteiger partial charge in [-0.1, -0.05) is 18.2 Å². The number of anilines is 2. The van der Waals surface area contributed by atoms with E-state index in [1.54, 1.807) is 7.05 Å². The first-order valence-electron chi connectivity index (χ1n) is 10.8. The Balaban J connectivity index is 1.37. The molecule has 1 amide bonds. The lowest BCUT2D eigenvalue weighted by Crippen LogP contribution is -2.40. The number of benzene rings is 1. The van der Waals surface area contributed by atoms with E-state index in [2.05, 4.69) is 27.7 Å². The van der Waals surface area contributed by atoms with E-state index in [0.29, 0.717) is 5.69 Å². The minimum Gasteiger partial charge on any atom is -0.377 e. The molecule has 0 spiro atoms. The van der Waals surface area contributed by atoms with Gasteiger partial charge in [-0.3, -0.25) is 14.9 Å². The first-order chi connectivity index (χ1) is 15.3. The molecule has 4 rings (SSSR count). The number of carbonyl (C=O) groups excluding carboxylic acids is 1. The number of rotatable bonds is 6. The highest BCUT2D eigenvalue weighted by Gasteiger charge is 2.25. The fourth-order valence-electron chi connectivity index (χ4n) is 4.32. The zero-order valence-electron chi connectivity index (χ0n) is 18.5. The van der Waals surface area contributed by atoms with Crippen molar-refractivity contribution in [3.8, 4) is 0 Å². The lowest BCUT2D eigenvalue weighted by Gasteiger charge is -2.30. The maximum Gasteiger partial charge on any atom is 0.287 e. The number of hydrogen-bond donors (Lipinski definition) is 2. The molecule has 168 valence electrons. The number of carbonyl (C=O) groups is 1. The van der Waals surface area contributed by atoms with Crippen molar-refractivity contribution in [2.24, 2.45) is 7.05 Å². The number of aryl methyl sites for hydroxylation is 1. The van der Waals surface area contributed by atoms with E-state index in [0.717, 1.165) is 48.1 Å². The first kappa shape index (κ1) is 21.6. The predicted molar refractivity (Wildman–Crippen MR) is 125 cm³/mol. The molecule has 0 unspecified atom stereocenters. The van der Waals surface area contributed by atoms with Gasteiger partial charge in [0.1, 0.15) is 11.5 Å². The summed E-state index contributed by atoms with van der Waals surface area (Å²) in [6.07, 6.45) is 4.84. The van der Waals surface area contributed by atoms with Crippen molar-refractivity contribution in [1.29, 1.82) is 0 Å². The van der Waals surface area contributed by atoms with E-state index >= 15 is 0 Å². The van der Waals surface area contributed by atoms with Gasteiger partial charge in [0.15, 0.2) is 0 Å². The van der Waals surface area contributed by atoms with Gasteiger partial charge >= 0.3 is 0 Å². The van der Waals surface area contributed by atoms with Crippen molar-refractivity contribution < 1.29 is 9.72 Å². The summed E-state index contributed by atoms with van der Waals surface area (Å²) in [5.41, 5.74) is 2.30. The van der Waals surface area contributed by atoms with E-state index in [4.69, 9.17) is 4.98 Å². The Bertz CT molecular complexity index is 1150. The van der Waals surface area contributed by atoms with E-state index in [1.807, 2.05) is 32.3 Å². The molecule has 0 radical (unpaired) electrons. The van der Waals surface area contributed by atoms with Gasteiger partial charge in [0.2, 0.25) is 0 Å². The summed E-state index contributed by atoms with van der Waals surface area (Å²) in [7, 11) is 5.70. The maximum atomic E-state index is 12.6. The second-order valence-electron chi connectivity index (χ2n) is 8.56. The third kappa shape index (κ3) is 4.51. The van der Waals surface area contributed by atoms with Gasteiger partial charge in [-0.15, -0.1) is 0 Å². The monoisotopic (exact) mass is 436 g/mol. The zero-order chi connectivity index (χ0) is 22.8. The number of amides is 1. The van der Waals surface area contributed by atoms with Crippen LogP contribution in [0.4, 0.5) is 17.2 Å². The van der Waals surface area contributed by atoms with Gasteiger partial charge in [-0.2, -0.15) is 0 Å². The maximum absolute atomic E-state index is 12.6. The predicted octanol–water partition coefficient (Wildman–Crippen LogP) is 3.70. The number of pyridine rings is 1. The third-order valence-electron chi connectivity index (χ3n) is 6.02. The normalized spacial score (nSPS) is 18.3. The van der Waals surface area contributed by atoms with Crippen molar-refractivity contribution in [2.75, 3.05) is 24.3 Å². The third-order valence-corrected chi connectivity index (χ3v) is 6.02. The van der Waals surface area contributed by atoms with Crippen molar-refractivity contribution in [2.45, 2.75) is 37.8 Å². The second kappa shape index (κ2) is 8.86. The molecule has 32 heavy (non-hydrogen) atoms. The van der Waals surface area contributed by atoms with Gasteiger partial charge in [0.05, 0.1) is 16.6 Å². The minimum absolute atomic E-state index is 0.0522. The van der Waals surface area contributed by atoms with Crippen LogP contribution in [-0.2, 0) is 7.05 Å². The lowest BCUT2D eigenvalue weighted by molar-refractivity contribution is -0.384. The van der Waals surface area contributed by atoms with Gasteiger partial charge in [0, 0.05) is 56.4 Å². The molecule has 0 saturated heterocycles. The Kier molecular flexibility index (Phi) is 5.98. The summed E-state index contributed by atoms with van der Waals surface area (Å²) >= 11 is 0. The number of aromatic nitrogens is 2. The first-order valence-corrected chi connectivity index (χ1v) is 10.8. The summed E-state index contributed by atoms with van der Waals surface area (Å²) in [6, 6.07) is 11.8. The van der Waals surface area contributed by atoms with Crippen molar-refractivity contribution in [3.05, 3.63) is 58.4 Å². The Morgan fingerprint density at radius 3 is 2.50 bits per heavy atom. The molecule has 9 heteroatoms. The fourth-order valence-corrected chi connectivity index (χ4v) is 4.32. The Labute approximate surface area is 186 Å². The molecule has 2 heterocycles. The topological polar surface area (TPSA) is 105 Å². The molecule has 2 N–H and O–H groups in total. The minimum atomic E-state index is -0.490. The molecular weight excluding hydrogens is 408 g/mol. The second-order valence-corrected chi connectivity index (χ2v) is 8.56. The van der Waals surface area contributed by atoms with E-state index in [9.17, 15) is 14.9 Å². The number of fused-ring (bicyclic) bond motifs is 1. The van der Waals surface area contributed by atoms with Crippen LogP contribution in [0, 0.1) is 10.1 Å². The molecule has 0 bridgehead atoms. The van der Waals surface area contributed by atoms with E-state index < -0.39 is 4.92 Å². The van der Waals surface area contributed by atoms with Crippen LogP contribution in [0.5, 0.6) is 0 Å². The molecule has 3 aromatic rings. The molecule has 2 aromatic heterocycles. The molecule has 1 aliphatic carbocycles. The zero-order valence-corrected chi connectivity index (χ0v) is 18.5. The fraction of sp³-hybridized carbons (Fsp3) is 0.391. The van der Waals surface area contributed by atoms with Crippen LogP contribution < -0.4 is 15.5 Å². The van der Waals surface area contributed by atoms with Crippen molar-refractivity contribution in [1.82, 2.24) is 14.9 Å². The van der Waals surface area contributed by atoms with Crippen LogP contribution in [0.1, 0.15) is 36.2 Å². The Hall–Kier alpha value is -3.62. The van der Waals surface area contributed by atoms with Crippen LogP contribution in [0.3, 0.4) is 0 Å². The summed E-state index contributed by atoms with van der Waals surface area (Å²) in [5.74, 6) is 0.583. The smallest absolute Gasteiger partial charge is 0.287 e. The number of hydrogen-bond acceptors (Lipinski definition) is 6. The molecule has 1 fully saturated rings. The summed E-state index contributed by atoms with van der Waals surface area (Å²) < 4.78 is 1.49. The average molecular weight is 437 g/mol. The molecule has 1 aromatic carbocycles. The Morgan fingerprint density at radius 1 is 1.16 bits per heavy atom. The highest BCUT2D eigenvalue weighted by Crippen LogP contribution is 2.29. The highest BCUT2D eigenvalue weighted by atomic mass is 16.6. The summed E-state index contributed by atoms with van der Waals surface area (Å²) in [5, 5.41) is 18.7. The van der Waals surface area contributed by atoms with E-state index in [-0.39, 0.29) is 23.7 Å². The van der Waals surface area contributed by atoms with Crippen LogP contribution in [0.2, 0.25) is 0 Å². The molecular formula is C23H28N6O3. The molecule has 1 aliphatic rings. The van der Waals surface area contributed by atoms with Crippen molar-refractivity contribution >= 4 is 34.0 Å². The van der Waals surface area contributed by atoms with Crippen LogP contribution in [0.15, 0.2) is 42.6 Å². The highest BCUT2D eigenvalue weighted by molar-refractivity contribution is 5.94. The molecule has 0 aliphatic heterocycles. The number of nitro groups is 1. The quantitative estimate of drug-likeness (QED) is 0.451. The molecule has 0 atom stereocenters. The summed E-state index contributed by atoms with van der Waals surface area (Å²) in [6.45, 7) is 0. The number of nitrogens with one attached hydrogen (secondary N) is 2. The van der Waals surface area contributed by atoms with Crippen LogP contribution in [-0.4, -0.2) is 46.6 Å². The summed E-state index contributed by atoms with van der Waals surface area (Å²) in [4.78, 5) is 29.9. The largest absolute Gasteiger partial charge is 0.377 e. The molecule has 1 saturated carbocycles. The van der Waals surface area contributed by atoms with Gasteiger partial charge in [-0.05, 0) is 31.7 Å².